The number of nitrogens with zero attached hydrogens (tertiary/aromatic N) is 1. The summed E-state index contributed by atoms with van der Waals surface area (Å²) in [6, 6.07) is 8.46. The number of nitrogens with two attached hydrogens (primary N) is 1. The van der Waals surface area contributed by atoms with Crippen molar-refractivity contribution in [3.63, 3.8) is 0 Å². The van der Waals surface area contributed by atoms with Gasteiger partial charge in [0.15, 0.2) is 0 Å². The number of carbonyl (C=O) groups excluding carboxylic acids is 1. The van der Waals surface area contributed by atoms with E-state index in [1.165, 1.54) is 44.3 Å². The van der Waals surface area contributed by atoms with E-state index < -0.39 is 0 Å². The molecule has 4 nitrogen and oxygen atoms in total. The van der Waals surface area contributed by atoms with Gasteiger partial charge >= 0.3 is 0 Å². The highest BCUT2D eigenvalue weighted by molar-refractivity contribution is 5.77. The maximum Gasteiger partial charge on any atom is 0.234 e. The predicted octanol–water partition coefficient (Wildman–Crippen LogP) is 1.64. The number of benzene rings is 1. The van der Waals surface area contributed by atoms with E-state index in [9.17, 15) is 4.79 Å². The van der Waals surface area contributed by atoms with E-state index in [1.54, 1.807) is 0 Å². The maximum atomic E-state index is 11.2. The Bertz CT molecular complexity index is 425. The van der Waals surface area contributed by atoms with Crippen molar-refractivity contribution in [3.05, 3.63) is 35.4 Å². The van der Waals surface area contributed by atoms with Crippen molar-refractivity contribution in [1.82, 2.24) is 10.2 Å². The van der Waals surface area contributed by atoms with E-state index in [0.29, 0.717) is 6.54 Å². The van der Waals surface area contributed by atoms with Gasteiger partial charge in [-0.1, -0.05) is 37.1 Å². The van der Waals surface area contributed by atoms with E-state index >= 15 is 0 Å². The van der Waals surface area contributed by atoms with Gasteiger partial charge in [0.1, 0.15) is 0 Å². The molecule has 0 aromatic heterocycles. The van der Waals surface area contributed by atoms with E-state index in [4.69, 9.17) is 5.73 Å². The minimum atomic E-state index is -0.108. The molecule has 0 atom stereocenters. The first-order chi connectivity index (χ1) is 9.78. The molecule has 3 N–H and O–H groups in total. The maximum absolute atomic E-state index is 11.2. The van der Waals surface area contributed by atoms with Gasteiger partial charge < -0.3 is 11.1 Å². The molecule has 1 aliphatic rings. The number of nitrogens with one attached hydrogen (secondary N) is 1. The fourth-order valence-corrected chi connectivity index (χ4v) is 2.66. The van der Waals surface area contributed by atoms with Crippen molar-refractivity contribution in [2.75, 3.05) is 19.6 Å². The van der Waals surface area contributed by atoms with Crippen LogP contribution < -0.4 is 11.1 Å². The highest BCUT2D eigenvalue weighted by atomic mass is 16.1. The Hall–Kier alpha value is -1.39. The predicted molar refractivity (Wildman–Crippen MR) is 81.1 cm³/mol. The molecule has 0 spiro atoms. The molecule has 2 rings (SSSR count). The van der Waals surface area contributed by atoms with Crippen LogP contribution in [0.25, 0.3) is 0 Å². The third-order valence-electron chi connectivity index (χ3n) is 3.77. The number of amides is 1. The van der Waals surface area contributed by atoms with Crippen LogP contribution in [0.4, 0.5) is 0 Å². The molecule has 0 saturated carbocycles. The summed E-state index contributed by atoms with van der Waals surface area (Å²) in [7, 11) is 0. The largest absolute Gasteiger partial charge is 0.351 e. The highest BCUT2D eigenvalue weighted by Crippen LogP contribution is 2.14. The first-order valence-electron chi connectivity index (χ1n) is 7.55. The molecule has 1 amide bonds. The number of rotatable bonds is 5. The van der Waals surface area contributed by atoms with Crippen LogP contribution in [0.15, 0.2) is 24.3 Å². The van der Waals surface area contributed by atoms with Crippen LogP contribution in [0.2, 0.25) is 0 Å². The third-order valence-corrected chi connectivity index (χ3v) is 3.77. The van der Waals surface area contributed by atoms with Crippen LogP contribution in [-0.4, -0.2) is 30.4 Å². The van der Waals surface area contributed by atoms with Crippen LogP contribution in [0.3, 0.4) is 0 Å². The quantitative estimate of drug-likeness (QED) is 0.859. The first-order valence-corrected chi connectivity index (χ1v) is 7.55. The van der Waals surface area contributed by atoms with Gasteiger partial charge in [0.25, 0.3) is 0 Å². The smallest absolute Gasteiger partial charge is 0.234 e. The lowest BCUT2D eigenvalue weighted by molar-refractivity contribution is -0.119. The second-order valence-corrected chi connectivity index (χ2v) is 5.49. The monoisotopic (exact) mass is 275 g/mol. The summed E-state index contributed by atoms with van der Waals surface area (Å²) in [4.78, 5) is 13.7. The Morgan fingerprint density at radius 1 is 1.15 bits per heavy atom. The number of hydrogen-bond donors (Lipinski definition) is 2. The summed E-state index contributed by atoms with van der Waals surface area (Å²) >= 11 is 0. The van der Waals surface area contributed by atoms with Crippen LogP contribution in [0, 0.1) is 0 Å². The summed E-state index contributed by atoms with van der Waals surface area (Å²) in [5.41, 5.74) is 7.75. The zero-order valence-electron chi connectivity index (χ0n) is 12.1. The SMILES string of the molecule is NCC(=O)NCc1cccc(CN2CCCCCC2)c1. The first kappa shape index (κ1) is 15.0. The lowest BCUT2D eigenvalue weighted by Crippen LogP contribution is -2.29. The van der Waals surface area contributed by atoms with Crippen molar-refractivity contribution in [2.24, 2.45) is 5.73 Å². The van der Waals surface area contributed by atoms with E-state index in [-0.39, 0.29) is 12.5 Å². The second-order valence-electron chi connectivity index (χ2n) is 5.49. The minimum Gasteiger partial charge on any atom is -0.351 e. The summed E-state index contributed by atoms with van der Waals surface area (Å²) in [5, 5.41) is 2.81. The van der Waals surface area contributed by atoms with Crippen LogP contribution in [0.5, 0.6) is 0 Å². The molecule has 110 valence electrons. The highest BCUT2D eigenvalue weighted by Gasteiger charge is 2.09. The zero-order chi connectivity index (χ0) is 14.2. The molecule has 1 aromatic rings. The lowest BCUT2D eigenvalue weighted by atomic mass is 10.1. The fraction of sp³-hybridized carbons (Fsp3) is 0.562. The van der Waals surface area contributed by atoms with Crippen molar-refractivity contribution < 1.29 is 4.79 Å². The van der Waals surface area contributed by atoms with Crippen LogP contribution in [0.1, 0.15) is 36.8 Å². The Balaban J connectivity index is 1.89. The van der Waals surface area contributed by atoms with Gasteiger partial charge in [0, 0.05) is 13.1 Å². The zero-order valence-corrected chi connectivity index (χ0v) is 12.1. The van der Waals surface area contributed by atoms with E-state index in [1.807, 2.05) is 6.07 Å². The second kappa shape index (κ2) is 8.02. The van der Waals surface area contributed by atoms with Crippen LogP contribution >= 0.6 is 0 Å². The molecular formula is C16H25N3O. The molecule has 1 heterocycles. The molecule has 1 aliphatic heterocycles. The van der Waals surface area contributed by atoms with Gasteiger partial charge in [0.05, 0.1) is 6.54 Å². The van der Waals surface area contributed by atoms with Crippen molar-refractivity contribution in [2.45, 2.75) is 38.8 Å². The summed E-state index contributed by atoms with van der Waals surface area (Å²) in [5.74, 6) is -0.108. The van der Waals surface area contributed by atoms with Crippen LogP contribution in [-0.2, 0) is 17.9 Å². The third kappa shape index (κ3) is 4.94. The van der Waals surface area contributed by atoms with Gasteiger partial charge in [-0.15, -0.1) is 0 Å². The normalized spacial score (nSPS) is 16.6. The Labute approximate surface area is 121 Å². The molecule has 1 saturated heterocycles. The molecule has 20 heavy (non-hydrogen) atoms. The topological polar surface area (TPSA) is 58.4 Å². The molecule has 0 radical (unpaired) electrons. The molecule has 1 aromatic carbocycles. The number of hydrogen-bond acceptors (Lipinski definition) is 3. The van der Waals surface area contributed by atoms with Gasteiger partial charge in [0.2, 0.25) is 5.91 Å². The van der Waals surface area contributed by atoms with Crippen molar-refractivity contribution in [3.8, 4) is 0 Å². The van der Waals surface area contributed by atoms with Gasteiger partial charge in [-0.3, -0.25) is 9.69 Å². The summed E-state index contributed by atoms with van der Waals surface area (Å²) in [6.07, 6.45) is 5.35. The molecule has 4 heteroatoms. The Morgan fingerprint density at radius 3 is 2.55 bits per heavy atom. The molecule has 1 fully saturated rings. The molecular weight excluding hydrogens is 250 g/mol. The van der Waals surface area contributed by atoms with Gasteiger partial charge in [-0.25, -0.2) is 0 Å². The van der Waals surface area contributed by atoms with Crippen molar-refractivity contribution in [1.29, 1.82) is 0 Å². The van der Waals surface area contributed by atoms with Gasteiger partial charge in [-0.2, -0.15) is 0 Å². The van der Waals surface area contributed by atoms with Gasteiger partial charge in [-0.05, 0) is 37.1 Å². The number of likely N-dealkylation sites (tertiary alicyclic amines) is 1. The fourth-order valence-electron chi connectivity index (χ4n) is 2.66. The Kier molecular flexibility index (Phi) is 6.02. The average Bonchev–Trinajstić information content (AvgIpc) is 2.74. The lowest BCUT2D eigenvalue weighted by Gasteiger charge is -2.20. The number of carbonyl (C=O) groups is 1. The summed E-state index contributed by atoms with van der Waals surface area (Å²) in [6.45, 7) is 4.03. The molecule has 0 unspecified atom stereocenters. The van der Waals surface area contributed by atoms with E-state index in [2.05, 4.69) is 28.4 Å². The average molecular weight is 275 g/mol. The van der Waals surface area contributed by atoms with E-state index in [0.717, 1.165) is 12.1 Å². The summed E-state index contributed by atoms with van der Waals surface area (Å²) < 4.78 is 0. The minimum absolute atomic E-state index is 0.0491. The molecule has 0 bridgehead atoms. The standard InChI is InChI=1S/C16H25N3O/c17-11-16(20)18-12-14-6-5-7-15(10-14)13-19-8-3-1-2-4-9-19/h5-7,10H,1-4,8-9,11-13,17H2,(H,18,20). The molecule has 0 aliphatic carbocycles. The van der Waals surface area contributed by atoms with Crippen molar-refractivity contribution >= 4 is 5.91 Å². The Morgan fingerprint density at radius 2 is 1.85 bits per heavy atom.